The van der Waals surface area contributed by atoms with Crippen molar-refractivity contribution in [3.63, 3.8) is 0 Å². The maximum absolute atomic E-state index is 10.3. The Morgan fingerprint density at radius 1 is 1.78 bits per heavy atom. The molecule has 0 heterocycles. The molecule has 0 bridgehead atoms. The molecular weight excluding hydrogens is 142 g/mol. The van der Waals surface area contributed by atoms with E-state index in [1.54, 1.807) is 6.92 Å². The van der Waals surface area contributed by atoms with Crippen molar-refractivity contribution >= 4 is 17.0 Å². The highest BCUT2D eigenvalue weighted by molar-refractivity contribution is 7.79. The second-order valence-electron chi connectivity index (χ2n) is 1.40. The van der Waals surface area contributed by atoms with Gasteiger partial charge in [-0.1, -0.05) is 6.92 Å². The lowest BCUT2D eigenvalue weighted by atomic mass is 10.5. The van der Waals surface area contributed by atoms with Gasteiger partial charge in [0.15, 0.2) is 0 Å². The largest absolute Gasteiger partial charge is 0.771 e. The SMILES string of the molecule is CCC(=O)NCS(=O)[O-]. The van der Waals surface area contributed by atoms with Gasteiger partial charge in [-0.15, -0.1) is 0 Å². The summed E-state index contributed by atoms with van der Waals surface area (Å²) in [7, 11) is 0. The second-order valence-corrected chi connectivity index (χ2v) is 2.30. The molecule has 0 spiro atoms. The fraction of sp³-hybridized carbons (Fsp3) is 0.750. The van der Waals surface area contributed by atoms with Crippen LogP contribution in [0.25, 0.3) is 0 Å². The van der Waals surface area contributed by atoms with Gasteiger partial charge >= 0.3 is 0 Å². The molecule has 1 atom stereocenters. The lowest BCUT2D eigenvalue weighted by Gasteiger charge is -2.04. The van der Waals surface area contributed by atoms with Crippen LogP contribution in [0.2, 0.25) is 0 Å². The third kappa shape index (κ3) is 5.45. The molecule has 1 N–H and O–H groups in total. The summed E-state index contributed by atoms with van der Waals surface area (Å²) in [6.07, 6.45) is 0.317. The topological polar surface area (TPSA) is 69.2 Å². The first-order chi connectivity index (χ1) is 4.16. The number of carbonyl (C=O) groups is 1. The first-order valence-corrected chi connectivity index (χ1v) is 3.73. The fourth-order valence-corrected chi connectivity index (χ4v) is 0.543. The van der Waals surface area contributed by atoms with E-state index >= 15 is 0 Å². The molecule has 0 aromatic heterocycles. The molecule has 5 heteroatoms. The molecule has 0 fully saturated rings. The van der Waals surface area contributed by atoms with E-state index in [2.05, 4.69) is 5.32 Å². The van der Waals surface area contributed by atoms with Crippen LogP contribution in [0.1, 0.15) is 13.3 Å². The average Bonchev–Trinajstić information content (AvgIpc) is 1.83. The van der Waals surface area contributed by atoms with Gasteiger partial charge in [0.2, 0.25) is 5.91 Å². The van der Waals surface area contributed by atoms with Crippen molar-refractivity contribution in [3.8, 4) is 0 Å². The standard InChI is InChI=1S/C4H9NO3S/c1-2-4(6)5-3-9(7)8/h2-3H2,1H3,(H,5,6)(H,7,8)/p-1. The minimum atomic E-state index is -2.17. The Morgan fingerprint density at radius 3 is 2.67 bits per heavy atom. The van der Waals surface area contributed by atoms with Gasteiger partial charge in [0, 0.05) is 6.42 Å². The lowest BCUT2D eigenvalue weighted by molar-refractivity contribution is -0.120. The summed E-state index contributed by atoms with van der Waals surface area (Å²) in [5.74, 6) is -0.536. The van der Waals surface area contributed by atoms with E-state index in [0.29, 0.717) is 6.42 Å². The molecule has 1 amide bonds. The highest BCUT2D eigenvalue weighted by Gasteiger charge is 1.92. The molecule has 0 aromatic rings. The molecule has 0 saturated heterocycles. The first kappa shape index (κ1) is 8.58. The summed E-state index contributed by atoms with van der Waals surface area (Å²) in [5, 5.41) is 2.18. The number of carbonyl (C=O) groups excluding carboxylic acids is 1. The number of hydrogen-bond acceptors (Lipinski definition) is 3. The van der Waals surface area contributed by atoms with Crippen molar-refractivity contribution in [3.05, 3.63) is 0 Å². The predicted molar refractivity (Wildman–Crippen MR) is 32.2 cm³/mol. The maximum Gasteiger partial charge on any atom is 0.220 e. The van der Waals surface area contributed by atoms with Crippen LogP contribution in [-0.4, -0.2) is 20.5 Å². The average molecular weight is 150 g/mol. The van der Waals surface area contributed by atoms with E-state index in [9.17, 15) is 13.6 Å². The van der Waals surface area contributed by atoms with Crippen LogP contribution in [0.5, 0.6) is 0 Å². The van der Waals surface area contributed by atoms with E-state index < -0.39 is 11.1 Å². The predicted octanol–water partition coefficient (Wildman–Crippen LogP) is -0.651. The Balaban J connectivity index is 3.28. The molecule has 0 aliphatic rings. The monoisotopic (exact) mass is 150 g/mol. The van der Waals surface area contributed by atoms with Crippen molar-refractivity contribution in [1.82, 2.24) is 5.32 Å². The van der Waals surface area contributed by atoms with Gasteiger partial charge in [-0.2, -0.15) is 0 Å². The molecule has 9 heavy (non-hydrogen) atoms. The lowest BCUT2D eigenvalue weighted by Crippen LogP contribution is -2.25. The van der Waals surface area contributed by atoms with Gasteiger partial charge in [-0.05, 0) is 11.1 Å². The van der Waals surface area contributed by atoms with Crippen LogP contribution < -0.4 is 5.32 Å². The van der Waals surface area contributed by atoms with E-state index in [-0.39, 0.29) is 11.8 Å². The van der Waals surface area contributed by atoms with Gasteiger partial charge in [0.1, 0.15) is 0 Å². The zero-order chi connectivity index (χ0) is 7.28. The van der Waals surface area contributed by atoms with E-state index in [1.165, 1.54) is 0 Å². The van der Waals surface area contributed by atoms with Crippen LogP contribution in [0.4, 0.5) is 0 Å². The third-order valence-electron chi connectivity index (χ3n) is 0.708. The number of nitrogens with one attached hydrogen (secondary N) is 1. The quantitative estimate of drug-likeness (QED) is 0.543. The highest BCUT2D eigenvalue weighted by atomic mass is 32.2. The zero-order valence-corrected chi connectivity index (χ0v) is 5.86. The van der Waals surface area contributed by atoms with E-state index in [0.717, 1.165) is 0 Å². The molecule has 0 radical (unpaired) electrons. The zero-order valence-electron chi connectivity index (χ0n) is 5.05. The highest BCUT2D eigenvalue weighted by Crippen LogP contribution is 1.74. The van der Waals surface area contributed by atoms with E-state index in [4.69, 9.17) is 0 Å². The molecular formula is C4H8NO3S-. The molecule has 1 unspecified atom stereocenters. The van der Waals surface area contributed by atoms with Crippen molar-refractivity contribution in [2.24, 2.45) is 0 Å². The minimum absolute atomic E-state index is 0.251. The van der Waals surface area contributed by atoms with Crippen LogP contribution in [0.3, 0.4) is 0 Å². The molecule has 4 nitrogen and oxygen atoms in total. The minimum Gasteiger partial charge on any atom is -0.771 e. The summed E-state index contributed by atoms with van der Waals surface area (Å²) < 4.78 is 19.6. The molecule has 54 valence electrons. The summed E-state index contributed by atoms with van der Waals surface area (Å²) in [5.41, 5.74) is 0. The van der Waals surface area contributed by atoms with Gasteiger partial charge in [-0.25, -0.2) is 0 Å². The summed E-state index contributed by atoms with van der Waals surface area (Å²) in [4.78, 5) is 10.3. The smallest absolute Gasteiger partial charge is 0.220 e. The van der Waals surface area contributed by atoms with Crippen LogP contribution >= 0.6 is 0 Å². The van der Waals surface area contributed by atoms with Gasteiger partial charge in [-0.3, -0.25) is 9.00 Å². The Morgan fingerprint density at radius 2 is 2.33 bits per heavy atom. The number of amides is 1. The molecule has 0 saturated carbocycles. The van der Waals surface area contributed by atoms with E-state index in [1.807, 2.05) is 0 Å². The summed E-state index contributed by atoms with van der Waals surface area (Å²) in [6, 6.07) is 0. The normalized spacial score (nSPS) is 12.7. The molecule has 0 aromatic carbocycles. The summed E-state index contributed by atoms with van der Waals surface area (Å²) in [6.45, 7) is 1.66. The van der Waals surface area contributed by atoms with Crippen molar-refractivity contribution < 1.29 is 13.6 Å². The molecule has 0 aliphatic carbocycles. The Bertz CT molecular complexity index is 125. The first-order valence-electron chi connectivity index (χ1n) is 2.49. The van der Waals surface area contributed by atoms with Crippen LogP contribution in [0, 0.1) is 0 Å². The number of rotatable bonds is 3. The number of hydrogen-bond donors (Lipinski definition) is 1. The van der Waals surface area contributed by atoms with Crippen LogP contribution in [0.15, 0.2) is 0 Å². The van der Waals surface area contributed by atoms with Crippen molar-refractivity contribution in [1.29, 1.82) is 0 Å². The summed E-state index contributed by atoms with van der Waals surface area (Å²) >= 11 is -2.17. The van der Waals surface area contributed by atoms with Crippen molar-refractivity contribution in [2.75, 3.05) is 5.88 Å². The van der Waals surface area contributed by atoms with Crippen molar-refractivity contribution in [2.45, 2.75) is 13.3 Å². The second kappa shape index (κ2) is 4.46. The van der Waals surface area contributed by atoms with Gasteiger partial charge in [0.05, 0.1) is 5.88 Å². The molecule has 0 rings (SSSR count). The van der Waals surface area contributed by atoms with Gasteiger partial charge < -0.3 is 9.87 Å². The maximum atomic E-state index is 10.3. The fourth-order valence-electron chi connectivity index (χ4n) is 0.264. The Labute approximate surface area is 55.9 Å². The molecule has 0 aliphatic heterocycles. The Hall–Kier alpha value is -0.420. The Kier molecular flexibility index (Phi) is 4.25. The van der Waals surface area contributed by atoms with Crippen LogP contribution in [-0.2, 0) is 15.9 Å². The van der Waals surface area contributed by atoms with Gasteiger partial charge in [0.25, 0.3) is 0 Å². The third-order valence-corrected chi connectivity index (χ3v) is 1.09.